The minimum Gasteiger partial charge on any atom is -0.348 e. The van der Waals surface area contributed by atoms with E-state index in [1.54, 1.807) is 24.3 Å². The first-order valence-corrected chi connectivity index (χ1v) is 6.24. The number of carbonyl (C=O) groups excluding carboxylic acids is 1. The van der Waals surface area contributed by atoms with Crippen molar-refractivity contribution in [3.8, 4) is 5.75 Å². The highest BCUT2D eigenvalue weighted by Gasteiger charge is 2.34. The quantitative estimate of drug-likeness (QED) is 0.507. The number of halogens is 3. The third-order valence-electron chi connectivity index (χ3n) is 2.55. The maximum absolute atomic E-state index is 12.2. The molecule has 1 aromatic rings. The molecule has 0 spiro atoms. The summed E-state index contributed by atoms with van der Waals surface area (Å²) in [7, 11) is 0. The lowest BCUT2D eigenvalue weighted by molar-refractivity contribution is -0.205. The molecule has 0 fully saturated rings. The molecule has 1 heterocycles. The van der Waals surface area contributed by atoms with Crippen LogP contribution in [-0.2, 0) is 9.68 Å². The first-order chi connectivity index (χ1) is 9.88. The zero-order chi connectivity index (χ0) is 15.5. The van der Waals surface area contributed by atoms with Crippen molar-refractivity contribution in [1.29, 1.82) is 0 Å². The van der Waals surface area contributed by atoms with Crippen molar-refractivity contribution in [2.24, 2.45) is 0 Å². The van der Waals surface area contributed by atoms with Gasteiger partial charge in [0.2, 0.25) is 5.76 Å². The van der Waals surface area contributed by atoms with Gasteiger partial charge in [0, 0.05) is 24.7 Å². The third kappa shape index (κ3) is 4.05. The Kier molecular flexibility index (Phi) is 4.63. The number of para-hydroxylation sites is 1. The van der Waals surface area contributed by atoms with E-state index >= 15 is 0 Å². The van der Waals surface area contributed by atoms with Crippen LogP contribution in [0.5, 0.6) is 5.75 Å². The molecule has 9 heteroatoms. The Bertz CT molecular complexity index is 563. The van der Waals surface area contributed by atoms with Gasteiger partial charge in [0.25, 0.3) is 5.91 Å². The molecule has 1 N–H and O–H groups in total. The van der Waals surface area contributed by atoms with E-state index in [1.165, 1.54) is 6.08 Å². The number of alkyl halides is 3. The highest BCUT2D eigenvalue weighted by Crippen LogP contribution is 2.26. The second-order valence-electron chi connectivity index (χ2n) is 4.06. The zero-order valence-electron chi connectivity index (χ0n) is 10.6. The van der Waals surface area contributed by atoms with Crippen LogP contribution < -0.4 is 10.2 Å². The van der Waals surface area contributed by atoms with E-state index in [4.69, 9.17) is 9.78 Å². The van der Waals surface area contributed by atoms with E-state index in [1.807, 2.05) is 0 Å². The number of benzene rings is 1. The molecule has 21 heavy (non-hydrogen) atoms. The van der Waals surface area contributed by atoms with Gasteiger partial charge in [-0.2, -0.15) is 17.5 Å². The molecule has 1 aromatic carbocycles. The van der Waals surface area contributed by atoms with Crippen molar-refractivity contribution in [2.75, 3.05) is 13.1 Å². The molecule has 0 unspecified atom stereocenters. The number of carbonyl (C=O) groups is 1. The maximum Gasteiger partial charge on any atom is 0.469 e. The summed E-state index contributed by atoms with van der Waals surface area (Å²) in [5.41, 5.74) is 0.639. The van der Waals surface area contributed by atoms with E-state index in [2.05, 4.69) is 18.1 Å². The van der Waals surface area contributed by atoms with Gasteiger partial charge < -0.3 is 5.32 Å². The second-order valence-corrected chi connectivity index (χ2v) is 4.54. The summed E-state index contributed by atoms with van der Waals surface area (Å²) in [5.74, 6) is -0.354. The van der Waals surface area contributed by atoms with E-state index in [-0.39, 0.29) is 16.6 Å². The summed E-state index contributed by atoms with van der Waals surface area (Å²) in [6.45, 7) is -0.743. The molecule has 0 saturated heterocycles. The molecular weight excluding hydrogens is 309 g/mol. The fourth-order valence-corrected chi connectivity index (χ4v) is 1.62. The summed E-state index contributed by atoms with van der Waals surface area (Å²) in [6.07, 6.45) is -3.12. The van der Waals surface area contributed by atoms with Gasteiger partial charge in [-0.05, 0) is 6.07 Å². The number of nitrogens with one attached hydrogen (secondary N) is 1. The number of rotatable bonds is 4. The minimum absolute atomic E-state index is 0.130. The Hall–Kier alpha value is -1.87. The van der Waals surface area contributed by atoms with E-state index in [9.17, 15) is 18.0 Å². The van der Waals surface area contributed by atoms with Crippen molar-refractivity contribution in [3.63, 3.8) is 0 Å². The molecule has 0 aromatic heterocycles. The number of thiol groups is 1. The summed E-state index contributed by atoms with van der Waals surface area (Å²) < 4.78 is 36.4. The summed E-state index contributed by atoms with van der Waals surface area (Å²) in [4.78, 5) is 21.4. The van der Waals surface area contributed by atoms with Crippen LogP contribution in [0.3, 0.4) is 0 Å². The van der Waals surface area contributed by atoms with Crippen molar-refractivity contribution in [2.45, 2.75) is 6.30 Å². The van der Waals surface area contributed by atoms with E-state index < -0.39 is 18.8 Å². The fraction of sp³-hybridized carbons (Fsp3) is 0.250. The topological polar surface area (TPSA) is 50.8 Å². The number of fused-ring (bicyclic) bond motifs is 1. The molecule has 114 valence electrons. The lowest BCUT2D eigenvalue weighted by atomic mass is 10.1. The molecule has 0 atom stereocenters. The predicted octanol–water partition coefficient (Wildman–Crippen LogP) is 2.13. The standard InChI is InChI=1S/C12H11F3N2O3S/c13-12(14,15)17(21)6-5-16-11(18)10-7-8-3-1-2-4-9(8)19-20-10/h1-4,7,21H,5-6H2,(H,16,18). The van der Waals surface area contributed by atoms with Crippen molar-refractivity contribution >= 4 is 24.8 Å². The normalized spacial score (nSPS) is 13.9. The van der Waals surface area contributed by atoms with E-state index in [0.717, 1.165) is 0 Å². The molecule has 0 aliphatic carbocycles. The number of amides is 1. The highest BCUT2D eigenvalue weighted by molar-refractivity contribution is 7.77. The van der Waals surface area contributed by atoms with Crippen molar-refractivity contribution in [3.05, 3.63) is 35.6 Å². The van der Waals surface area contributed by atoms with Crippen molar-refractivity contribution in [1.82, 2.24) is 9.62 Å². The summed E-state index contributed by atoms with van der Waals surface area (Å²) in [5, 5.41) is 2.28. The molecule has 2 rings (SSSR count). The molecule has 5 nitrogen and oxygen atoms in total. The predicted molar refractivity (Wildman–Crippen MR) is 70.9 cm³/mol. The Labute approximate surface area is 123 Å². The van der Waals surface area contributed by atoms with Crippen LogP contribution in [0.2, 0.25) is 0 Å². The Morgan fingerprint density at radius 1 is 1.29 bits per heavy atom. The van der Waals surface area contributed by atoms with Crippen LogP contribution in [0.15, 0.2) is 30.0 Å². The van der Waals surface area contributed by atoms with Gasteiger partial charge in [-0.3, -0.25) is 14.6 Å². The highest BCUT2D eigenvalue weighted by atomic mass is 32.1. The van der Waals surface area contributed by atoms with Gasteiger partial charge in [0.15, 0.2) is 5.75 Å². The average molecular weight is 320 g/mol. The van der Waals surface area contributed by atoms with Crippen LogP contribution in [0.25, 0.3) is 6.08 Å². The number of hydrogen-bond acceptors (Lipinski definition) is 5. The lowest BCUT2D eigenvalue weighted by Crippen LogP contribution is -2.38. The van der Waals surface area contributed by atoms with Crippen molar-refractivity contribution < 1.29 is 27.7 Å². The fourth-order valence-electron chi connectivity index (χ4n) is 1.52. The molecule has 1 aliphatic heterocycles. The minimum atomic E-state index is -4.56. The van der Waals surface area contributed by atoms with Crippen LogP contribution in [0.1, 0.15) is 5.56 Å². The smallest absolute Gasteiger partial charge is 0.348 e. The third-order valence-corrected chi connectivity index (χ3v) is 2.98. The maximum atomic E-state index is 12.2. The van der Waals surface area contributed by atoms with Crippen LogP contribution in [0.4, 0.5) is 13.2 Å². The average Bonchev–Trinajstić information content (AvgIpc) is 2.45. The van der Waals surface area contributed by atoms with Crippen LogP contribution in [-0.4, -0.2) is 29.6 Å². The van der Waals surface area contributed by atoms with Crippen LogP contribution in [0, 0.1) is 0 Å². The first kappa shape index (κ1) is 15.5. The van der Waals surface area contributed by atoms with Gasteiger partial charge in [0.05, 0.1) is 0 Å². The van der Waals surface area contributed by atoms with Gasteiger partial charge in [-0.15, -0.1) is 0 Å². The van der Waals surface area contributed by atoms with E-state index in [0.29, 0.717) is 11.3 Å². The number of hydrogen-bond donors (Lipinski definition) is 2. The van der Waals surface area contributed by atoms with Gasteiger partial charge >= 0.3 is 6.30 Å². The molecule has 0 radical (unpaired) electrons. The monoisotopic (exact) mass is 320 g/mol. The molecule has 0 bridgehead atoms. The van der Waals surface area contributed by atoms with Crippen LogP contribution >= 0.6 is 12.8 Å². The summed E-state index contributed by atoms with van der Waals surface area (Å²) in [6, 6.07) is 6.86. The molecule has 1 amide bonds. The van der Waals surface area contributed by atoms with Gasteiger partial charge in [-0.25, -0.2) is 0 Å². The molecule has 0 saturated carbocycles. The summed E-state index contributed by atoms with van der Waals surface area (Å²) >= 11 is 3.26. The zero-order valence-corrected chi connectivity index (χ0v) is 11.4. The second kappa shape index (κ2) is 6.27. The molecule has 1 aliphatic rings. The Balaban J connectivity index is 1.89. The van der Waals surface area contributed by atoms with Gasteiger partial charge in [-0.1, -0.05) is 31.0 Å². The van der Waals surface area contributed by atoms with Gasteiger partial charge in [0.1, 0.15) is 0 Å². The molecular formula is C12H11F3N2O3S. The Morgan fingerprint density at radius 2 is 2.00 bits per heavy atom. The first-order valence-electron chi connectivity index (χ1n) is 5.84. The number of nitrogens with zero attached hydrogens (tertiary/aromatic N) is 1. The largest absolute Gasteiger partial charge is 0.469 e. The Morgan fingerprint density at radius 3 is 2.71 bits per heavy atom. The SMILES string of the molecule is O=C(NCCN(S)C(F)(F)F)C1=Cc2ccccc2OO1. The lowest BCUT2D eigenvalue weighted by Gasteiger charge is -2.19.